The predicted molar refractivity (Wildman–Crippen MR) is 73.1 cm³/mol. The Bertz CT molecular complexity index is 465. The van der Waals surface area contributed by atoms with E-state index in [1.165, 1.54) is 0 Å². The van der Waals surface area contributed by atoms with E-state index in [9.17, 15) is 4.79 Å². The summed E-state index contributed by atoms with van der Waals surface area (Å²) in [5.74, 6) is 0.471. The minimum absolute atomic E-state index is 0.0192. The lowest BCUT2D eigenvalue weighted by Crippen LogP contribution is -2.36. The van der Waals surface area contributed by atoms with E-state index in [-0.39, 0.29) is 5.91 Å². The summed E-state index contributed by atoms with van der Waals surface area (Å²) < 4.78 is 0. The molecule has 0 saturated carbocycles. The molecule has 1 aromatic rings. The van der Waals surface area contributed by atoms with Gasteiger partial charge >= 0.3 is 0 Å². The first-order valence-corrected chi connectivity index (χ1v) is 6.31. The van der Waals surface area contributed by atoms with E-state index in [4.69, 9.17) is 5.26 Å². The summed E-state index contributed by atoms with van der Waals surface area (Å²) in [6, 6.07) is 5.59. The standard InChI is InChI=1S/C14H20N4O/c1-11(2)8-17-14(19)10-18(3)9-12-4-5-16-13(6-12)7-15/h4-6,11H,8-10H2,1-3H3,(H,17,19). The zero-order valence-electron chi connectivity index (χ0n) is 11.7. The Morgan fingerprint density at radius 2 is 2.32 bits per heavy atom. The molecule has 0 radical (unpaired) electrons. The Hall–Kier alpha value is -1.93. The number of carbonyl (C=O) groups is 1. The molecule has 0 atom stereocenters. The fraction of sp³-hybridized carbons (Fsp3) is 0.500. The van der Waals surface area contributed by atoms with E-state index in [2.05, 4.69) is 24.1 Å². The number of aromatic nitrogens is 1. The number of pyridine rings is 1. The van der Waals surface area contributed by atoms with E-state index >= 15 is 0 Å². The van der Waals surface area contributed by atoms with Gasteiger partial charge < -0.3 is 5.32 Å². The molecule has 19 heavy (non-hydrogen) atoms. The van der Waals surface area contributed by atoms with Crippen LogP contribution in [-0.2, 0) is 11.3 Å². The Morgan fingerprint density at radius 3 is 2.95 bits per heavy atom. The molecule has 1 N–H and O–H groups in total. The van der Waals surface area contributed by atoms with Crippen LogP contribution in [0.2, 0.25) is 0 Å². The number of likely N-dealkylation sites (N-methyl/N-ethyl adjacent to an activating group) is 1. The maximum atomic E-state index is 11.7. The molecular formula is C14H20N4O. The van der Waals surface area contributed by atoms with Crippen LogP contribution in [0, 0.1) is 17.2 Å². The Labute approximate surface area is 114 Å². The highest BCUT2D eigenvalue weighted by molar-refractivity contribution is 5.77. The average Bonchev–Trinajstić information content (AvgIpc) is 2.36. The van der Waals surface area contributed by atoms with Gasteiger partial charge in [0.1, 0.15) is 11.8 Å². The van der Waals surface area contributed by atoms with Crippen molar-refractivity contribution in [3.8, 4) is 6.07 Å². The fourth-order valence-electron chi connectivity index (χ4n) is 1.62. The summed E-state index contributed by atoms with van der Waals surface area (Å²) in [5.41, 5.74) is 1.38. The molecule has 5 nitrogen and oxygen atoms in total. The third-order valence-corrected chi connectivity index (χ3v) is 2.51. The number of amides is 1. The van der Waals surface area contributed by atoms with Crippen LogP contribution < -0.4 is 5.32 Å². The molecule has 0 aliphatic heterocycles. The van der Waals surface area contributed by atoms with Gasteiger partial charge in [0.05, 0.1) is 6.54 Å². The SMILES string of the molecule is CC(C)CNC(=O)CN(C)Cc1ccnc(C#N)c1. The van der Waals surface area contributed by atoms with E-state index in [1.807, 2.05) is 24.1 Å². The van der Waals surface area contributed by atoms with Crippen LogP contribution in [0.15, 0.2) is 18.3 Å². The van der Waals surface area contributed by atoms with Crippen molar-refractivity contribution in [3.05, 3.63) is 29.6 Å². The van der Waals surface area contributed by atoms with Gasteiger partial charge in [-0.1, -0.05) is 13.8 Å². The highest BCUT2D eigenvalue weighted by Crippen LogP contribution is 2.04. The molecular weight excluding hydrogens is 240 g/mol. The lowest BCUT2D eigenvalue weighted by molar-refractivity contribution is -0.122. The monoisotopic (exact) mass is 260 g/mol. The van der Waals surface area contributed by atoms with E-state index in [0.717, 1.165) is 5.56 Å². The number of hydrogen-bond acceptors (Lipinski definition) is 4. The summed E-state index contributed by atoms with van der Waals surface area (Å²) in [7, 11) is 1.88. The molecule has 0 saturated heterocycles. The molecule has 0 bridgehead atoms. The van der Waals surface area contributed by atoms with E-state index in [1.54, 1.807) is 12.3 Å². The number of nitrogens with one attached hydrogen (secondary N) is 1. The first-order chi connectivity index (χ1) is 9.01. The van der Waals surface area contributed by atoms with Gasteiger partial charge in [-0.3, -0.25) is 9.69 Å². The van der Waals surface area contributed by atoms with Crippen LogP contribution in [0.3, 0.4) is 0 Å². The second-order valence-electron chi connectivity index (χ2n) is 5.03. The number of rotatable bonds is 6. The molecule has 0 aliphatic carbocycles. The summed E-state index contributed by atoms with van der Waals surface area (Å²) in [6.45, 7) is 5.78. The zero-order valence-corrected chi connectivity index (χ0v) is 11.7. The van der Waals surface area contributed by atoms with Crippen molar-refractivity contribution in [2.75, 3.05) is 20.1 Å². The number of carbonyl (C=O) groups excluding carboxylic acids is 1. The number of hydrogen-bond donors (Lipinski definition) is 1. The smallest absolute Gasteiger partial charge is 0.234 e. The van der Waals surface area contributed by atoms with Crippen LogP contribution in [0.5, 0.6) is 0 Å². The largest absolute Gasteiger partial charge is 0.355 e. The normalized spacial score (nSPS) is 10.5. The fourth-order valence-corrected chi connectivity index (χ4v) is 1.62. The second-order valence-corrected chi connectivity index (χ2v) is 5.03. The predicted octanol–water partition coefficient (Wildman–Crippen LogP) is 1.16. The zero-order chi connectivity index (χ0) is 14.3. The molecule has 1 heterocycles. The topological polar surface area (TPSA) is 69.0 Å². The van der Waals surface area contributed by atoms with E-state index < -0.39 is 0 Å². The van der Waals surface area contributed by atoms with Gasteiger partial charge in [-0.25, -0.2) is 4.98 Å². The van der Waals surface area contributed by atoms with Crippen LogP contribution in [0.25, 0.3) is 0 Å². The van der Waals surface area contributed by atoms with Gasteiger partial charge in [0.15, 0.2) is 0 Å². The first kappa shape index (κ1) is 15.1. The Morgan fingerprint density at radius 1 is 1.58 bits per heavy atom. The summed E-state index contributed by atoms with van der Waals surface area (Å²) >= 11 is 0. The molecule has 0 spiro atoms. The third-order valence-electron chi connectivity index (χ3n) is 2.51. The lowest BCUT2D eigenvalue weighted by atomic mass is 10.2. The van der Waals surface area contributed by atoms with Crippen molar-refractivity contribution < 1.29 is 4.79 Å². The van der Waals surface area contributed by atoms with Crippen molar-refractivity contribution in [3.63, 3.8) is 0 Å². The highest BCUT2D eigenvalue weighted by atomic mass is 16.2. The number of nitriles is 1. The molecule has 0 aromatic carbocycles. The second kappa shape index (κ2) is 7.49. The Balaban J connectivity index is 2.44. The quantitative estimate of drug-likeness (QED) is 0.833. The van der Waals surface area contributed by atoms with Gasteiger partial charge in [-0.15, -0.1) is 0 Å². The highest BCUT2D eigenvalue weighted by Gasteiger charge is 2.08. The Kier molecular flexibility index (Phi) is 5.97. The molecule has 5 heteroatoms. The van der Waals surface area contributed by atoms with Gasteiger partial charge in [-0.2, -0.15) is 5.26 Å². The summed E-state index contributed by atoms with van der Waals surface area (Å²) in [4.78, 5) is 17.5. The maximum Gasteiger partial charge on any atom is 0.234 e. The lowest BCUT2D eigenvalue weighted by Gasteiger charge is -2.17. The van der Waals surface area contributed by atoms with Gasteiger partial charge in [0, 0.05) is 19.3 Å². The van der Waals surface area contributed by atoms with Gasteiger partial charge in [0.25, 0.3) is 0 Å². The maximum absolute atomic E-state index is 11.7. The van der Waals surface area contributed by atoms with Crippen LogP contribution in [0.4, 0.5) is 0 Å². The first-order valence-electron chi connectivity index (χ1n) is 6.31. The molecule has 1 rings (SSSR count). The van der Waals surface area contributed by atoms with Crippen molar-refractivity contribution in [1.82, 2.24) is 15.2 Å². The van der Waals surface area contributed by atoms with Gasteiger partial charge in [-0.05, 0) is 30.7 Å². The van der Waals surface area contributed by atoms with Crippen molar-refractivity contribution in [1.29, 1.82) is 5.26 Å². The third kappa shape index (κ3) is 5.98. The minimum Gasteiger partial charge on any atom is -0.355 e. The molecule has 1 aromatic heterocycles. The van der Waals surface area contributed by atoms with Gasteiger partial charge in [0.2, 0.25) is 5.91 Å². The van der Waals surface area contributed by atoms with Crippen LogP contribution in [-0.4, -0.2) is 35.9 Å². The molecule has 0 aliphatic rings. The summed E-state index contributed by atoms with van der Waals surface area (Å²) in [6.07, 6.45) is 1.61. The molecule has 0 fully saturated rings. The minimum atomic E-state index is 0.0192. The molecule has 1 amide bonds. The van der Waals surface area contributed by atoms with Crippen LogP contribution in [0.1, 0.15) is 25.1 Å². The van der Waals surface area contributed by atoms with Crippen molar-refractivity contribution in [2.45, 2.75) is 20.4 Å². The number of nitrogens with zero attached hydrogens (tertiary/aromatic N) is 3. The van der Waals surface area contributed by atoms with Crippen LogP contribution >= 0.6 is 0 Å². The summed E-state index contributed by atoms with van der Waals surface area (Å²) in [5, 5.41) is 11.6. The van der Waals surface area contributed by atoms with Crippen molar-refractivity contribution >= 4 is 5.91 Å². The molecule has 0 unspecified atom stereocenters. The van der Waals surface area contributed by atoms with Crippen molar-refractivity contribution in [2.24, 2.45) is 5.92 Å². The van der Waals surface area contributed by atoms with E-state index in [0.29, 0.717) is 31.2 Å². The molecule has 102 valence electrons. The average molecular weight is 260 g/mol.